The number of benzene rings is 1. The first-order chi connectivity index (χ1) is 16.4. The lowest BCUT2D eigenvalue weighted by molar-refractivity contribution is -0.123. The van der Waals surface area contributed by atoms with Crippen LogP contribution in [0.2, 0.25) is 0 Å². The minimum atomic E-state index is -0.242. The van der Waals surface area contributed by atoms with E-state index in [9.17, 15) is 9.59 Å². The van der Waals surface area contributed by atoms with Crippen molar-refractivity contribution < 1.29 is 9.53 Å². The first-order valence-electron chi connectivity index (χ1n) is 11.9. The summed E-state index contributed by atoms with van der Waals surface area (Å²) in [5.41, 5.74) is 2.39. The van der Waals surface area contributed by atoms with Gasteiger partial charge in [-0.15, -0.1) is 11.3 Å². The number of nitrogens with zero attached hydrogens (tertiary/aromatic N) is 3. The number of nitrogens with one attached hydrogen (secondary N) is 1. The van der Waals surface area contributed by atoms with Crippen LogP contribution in [0.4, 0.5) is 0 Å². The Morgan fingerprint density at radius 2 is 2.09 bits per heavy atom. The Balaban J connectivity index is 1.52. The highest BCUT2D eigenvalue weighted by molar-refractivity contribution is 7.20. The van der Waals surface area contributed by atoms with Gasteiger partial charge in [-0.3, -0.25) is 9.59 Å². The van der Waals surface area contributed by atoms with E-state index in [1.54, 1.807) is 24.6 Å². The topological polar surface area (TPSA) is 78.2 Å². The summed E-state index contributed by atoms with van der Waals surface area (Å²) in [6, 6.07) is 10.1. The van der Waals surface area contributed by atoms with E-state index in [4.69, 9.17) is 4.74 Å². The molecule has 0 aliphatic heterocycles. The predicted molar refractivity (Wildman–Crippen MR) is 136 cm³/mol. The van der Waals surface area contributed by atoms with E-state index in [-0.39, 0.29) is 24.1 Å². The van der Waals surface area contributed by atoms with Gasteiger partial charge in [0.05, 0.1) is 23.5 Å². The number of carbonyl (C=O) groups excluding carboxylic acids is 1. The summed E-state index contributed by atoms with van der Waals surface area (Å²) in [5.74, 6) is 1.08. The van der Waals surface area contributed by atoms with Gasteiger partial charge >= 0.3 is 0 Å². The molecule has 34 heavy (non-hydrogen) atoms. The fourth-order valence-electron chi connectivity index (χ4n) is 5.07. The van der Waals surface area contributed by atoms with Crippen molar-refractivity contribution in [3.8, 4) is 5.75 Å². The van der Waals surface area contributed by atoms with Crippen LogP contribution in [0, 0.1) is 12.8 Å². The van der Waals surface area contributed by atoms with Gasteiger partial charge in [-0.05, 0) is 49.4 Å². The van der Waals surface area contributed by atoms with Gasteiger partial charge in [0.1, 0.15) is 17.8 Å². The molecular weight excluding hydrogens is 448 g/mol. The van der Waals surface area contributed by atoms with Gasteiger partial charge in [-0.2, -0.15) is 5.10 Å². The molecule has 1 fully saturated rings. The summed E-state index contributed by atoms with van der Waals surface area (Å²) >= 11 is 1.66. The second-order valence-corrected chi connectivity index (χ2v) is 10.6. The third kappa shape index (κ3) is 4.22. The molecule has 4 aromatic rings. The molecule has 1 aromatic carbocycles. The summed E-state index contributed by atoms with van der Waals surface area (Å²) in [6.07, 6.45) is 6.20. The summed E-state index contributed by atoms with van der Waals surface area (Å²) in [4.78, 5) is 27.6. The molecular formula is C26H30N4O3S. The molecule has 0 radical (unpaired) electrons. The number of methoxy groups -OCH3 is 1. The number of thiophene rings is 1. The maximum Gasteiger partial charge on any atom is 0.291 e. The number of hydrogen-bond acceptors (Lipinski definition) is 5. The third-order valence-electron chi connectivity index (χ3n) is 6.89. The van der Waals surface area contributed by atoms with Crippen molar-refractivity contribution in [2.75, 3.05) is 7.11 Å². The van der Waals surface area contributed by atoms with E-state index < -0.39 is 0 Å². The minimum absolute atomic E-state index is 0.0744. The van der Waals surface area contributed by atoms with Crippen molar-refractivity contribution in [3.63, 3.8) is 0 Å². The Bertz CT molecular complexity index is 1420. The molecule has 8 heteroatoms. The number of ether oxygens (including phenoxy) is 1. The molecule has 0 saturated heterocycles. The van der Waals surface area contributed by atoms with Crippen molar-refractivity contribution >= 4 is 38.4 Å². The first-order valence-corrected chi connectivity index (χ1v) is 12.7. The molecule has 1 aliphatic carbocycles. The van der Waals surface area contributed by atoms with Crippen LogP contribution in [0.1, 0.15) is 43.0 Å². The summed E-state index contributed by atoms with van der Waals surface area (Å²) < 4.78 is 9.77. The Labute approximate surface area is 202 Å². The summed E-state index contributed by atoms with van der Waals surface area (Å²) in [7, 11) is 1.65. The van der Waals surface area contributed by atoms with Crippen LogP contribution in [-0.2, 0) is 17.9 Å². The molecule has 1 aliphatic rings. The normalized spacial score (nSPS) is 18.4. The minimum Gasteiger partial charge on any atom is -0.497 e. The molecule has 1 amide bonds. The van der Waals surface area contributed by atoms with E-state index in [0.29, 0.717) is 18.0 Å². The Hall–Kier alpha value is -3.13. The number of fused-ring (bicyclic) bond motifs is 3. The molecule has 2 atom stereocenters. The monoisotopic (exact) mass is 478 g/mol. The predicted octanol–water partition coefficient (Wildman–Crippen LogP) is 4.47. The highest BCUT2D eigenvalue weighted by atomic mass is 32.1. The molecule has 3 heterocycles. The van der Waals surface area contributed by atoms with Gasteiger partial charge in [0.15, 0.2) is 0 Å². The maximum absolute atomic E-state index is 13.6. The van der Waals surface area contributed by atoms with Gasteiger partial charge in [0.2, 0.25) is 5.91 Å². The van der Waals surface area contributed by atoms with E-state index in [1.807, 2.05) is 28.8 Å². The zero-order valence-corrected chi connectivity index (χ0v) is 20.7. The second kappa shape index (κ2) is 9.25. The van der Waals surface area contributed by atoms with Gasteiger partial charge in [0, 0.05) is 22.8 Å². The van der Waals surface area contributed by atoms with Crippen molar-refractivity contribution in [1.82, 2.24) is 19.7 Å². The standard InChI is InChI=1S/C26H30N4O3S/c1-16-7-4-5-10-21(16)28-23(31)15-30-26(32)24-20(13-27-30)25-22(11-17(2)34-25)29(24)14-18-8-6-9-19(12-18)33-3/h6,8-9,11-13,16,21H,4-5,7,10,14-15H2,1-3H3,(H,28,31). The zero-order valence-electron chi connectivity index (χ0n) is 19.8. The SMILES string of the molecule is COc1cccc(Cn2c3cc(C)sc3c3cnn(CC(=O)NC4CCCCC4C)c(=O)c32)c1. The molecule has 2 unspecified atom stereocenters. The van der Waals surface area contributed by atoms with E-state index in [1.165, 1.54) is 16.0 Å². The van der Waals surface area contributed by atoms with E-state index >= 15 is 0 Å². The largest absolute Gasteiger partial charge is 0.497 e. The quantitative estimate of drug-likeness (QED) is 0.443. The van der Waals surface area contributed by atoms with Crippen molar-refractivity contribution in [1.29, 1.82) is 0 Å². The van der Waals surface area contributed by atoms with Crippen LogP contribution >= 0.6 is 11.3 Å². The van der Waals surface area contributed by atoms with Crippen molar-refractivity contribution in [3.05, 3.63) is 57.3 Å². The highest BCUT2D eigenvalue weighted by Crippen LogP contribution is 2.34. The highest BCUT2D eigenvalue weighted by Gasteiger charge is 2.24. The van der Waals surface area contributed by atoms with Gasteiger partial charge < -0.3 is 14.6 Å². The lowest BCUT2D eigenvalue weighted by atomic mass is 9.86. The number of hydrogen-bond donors (Lipinski definition) is 1. The molecule has 0 spiro atoms. The smallest absolute Gasteiger partial charge is 0.291 e. The Kier molecular flexibility index (Phi) is 6.16. The second-order valence-electron chi connectivity index (χ2n) is 9.31. The Morgan fingerprint density at radius 3 is 2.88 bits per heavy atom. The van der Waals surface area contributed by atoms with Crippen LogP contribution in [0.25, 0.3) is 21.1 Å². The maximum atomic E-state index is 13.6. The fraction of sp³-hybridized carbons (Fsp3) is 0.423. The van der Waals surface area contributed by atoms with Gasteiger partial charge in [-0.25, -0.2) is 4.68 Å². The average molecular weight is 479 g/mol. The molecule has 0 bridgehead atoms. The lowest BCUT2D eigenvalue weighted by Crippen LogP contribution is -2.43. The first kappa shape index (κ1) is 22.7. The molecule has 1 N–H and O–H groups in total. The third-order valence-corrected chi connectivity index (χ3v) is 7.96. The number of amides is 1. The van der Waals surface area contributed by atoms with Crippen molar-refractivity contribution in [2.45, 2.75) is 58.7 Å². The number of carbonyl (C=O) groups is 1. The molecule has 7 nitrogen and oxygen atoms in total. The number of aromatic nitrogens is 3. The van der Waals surface area contributed by atoms with Crippen LogP contribution in [0.15, 0.2) is 41.3 Å². The molecule has 3 aromatic heterocycles. The summed E-state index contributed by atoms with van der Waals surface area (Å²) in [5, 5.41) is 8.35. The van der Waals surface area contributed by atoms with Crippen LogP contribution in [-0.4, -0.2) is 33.4 Å². The molecule has 1 saturated carbocycles. The fourth-order valence-corrected chi connectivity index (χ4v) is 6.10. The lowest BCUT2D eigenvalue weighted by Gasteiger charge is -2.29. The number of aryl methyl sites for hydroxylation is 1. The Morgan fingerprint density at radius 1 is 1.26 bits per heavy atom. The van der Waals surface area contributed by atoms with Gasteiger partial charge in [0.25, 0.3) is 5.56 Å². The average Bonchev–Trinajstić information content (AvgIpc) is 3.33. The molecule has 178 valence electrons. The van der Waals surface area contributed by atoms with E-state index in [2.05, 4.69) is 30.3 Å². The number of rotatable bonds is 6. The van der Waals surface area contributed by atoms with Crippen LogP contribution < -0.4 is 15.6 Å². The zero-order chi connectivity index (χ0) is 23.8. The van der Waals surface area contributed by atoms with Gasteiger partial charge in [-0.1, -0.05) is 31.9 Å². The summed E-state index contributed by atoms with van der Waals surface area (Å²) in [6.45, 7) is 4.70. The van der Waals surface area contributed by atoms with Crippen LogP contribution in [0.5, 0.6) is 5.75 Å². The van der Waals surface area contributed by atoms with E-state index in [0.717, 1.165) is 46.2 Å². The van der Waals surface area contributed by atoms with Crippen molar-refractivity contribution in [2.24, 2.45) is 5.92 Å². The molecule has 5 rings (SSSR count). The van der Waals surface area contributed by atoms with Crippen LogP contribution in [0.3, 0.4) is 0 Å².